The zero-order chi connectivity index (χ0) is 13.3. The zero-order valence-electron chi connectivity index (χ0n) is 11.1. The van der Waals surface area contributed by atoms with Crippen molar-refractivity contribution in [2.45, 2.75) is 19.8 Å². The minimum absolute atomic E-state index is 0.483. The third-order valence-electron chi connectivity index (χ3n) is 3.01. The lowest BCUT2D eigenvalue weighted by molar-refractivity contribution is 0.416. The first-order valence-electron chi connectivity index (χ1n) is 5.89. The summed E-state index contributed by atoms with van der Waals surface area (Å²) in [4.78, 5) is 4.43. The van der Waals surface area contributed by atoms with Gasteiger partial charge in [0.1, 0.15) is 16.0 Å². The van der Waals surface area contributed by atoms with E-state index in [4.69, 9.17) is 4.74 Å². The number of rotatable bonds is 3. The summed E-state index contributed by atoms with van der Waals surface area (Å²) < 4.78 is 8.33. The fraction of sp³-hybridized carbons (Fsp3) is 0.357. The first-order chi connectivity index (χ1) is 8.54. The molecule has 2 rings (SSSR count). The summed E-state index contributed by atoms with van der Waals surface area (Å²) in [5, 5.41) is 0. The molecule has 2 aromatic rings. The fourth-order valence-electron chi connectivity index (χ4n) is 1.87. The molecule has 0 atom stereocenters. The van der Waals surface area contributed by atoms with Crippen molar-refractivity contribution in [3.05, 3.63) is 34.7 Å². The second-order valence-corrected chi connectivity index (χ2v) is 5.36. The van der Waals surface area contributed by atoms with Gasteiger partial charge in [0.2, 0.25) is 0 Å². The van der Waals surface area contributed by atoms with Crippen LogP contribution in [-0.2, 0) is 7.05 Å². The molecular weight excluding hydrogens is 292 g/mol. The number of halogens is 1. The highest BCUT2D eigenvalue weighted by Gasteiger charge is 2.15. The predicted molar refractivity (Wildman–Crippen MR) is 77.0 cm³/mol. The van der Waals surface area contributed by atoms with Gasteiger partial charge in [-0.3, -0.25) is 0 Å². The molecule has 0 aliphatic heterocycles. The molecule has 0 radical (unpaired) electrons. The highest BCUT2D eigenvalue weighted by atomic mass is 79.9. The van der Waals surface area contributed by atoms with Crippen LogP contribution in [-0.4, -0.2) is 16.7 Å². The van der Waals surface area contributed by atoms with E-state index in [9.17, 15) is 0 Å². The van der Waals surface area contributed by atoms with E-state index in [1.807, 2.05) is 17.7 Å². The van der Waals surface area contributed by atoms with Crippen LogP contribution < -0.4 is 4.74 Å². The maximum Gasteiger partial charge on any atom is 0.128 e. The van der Waals surface area contributed by atoms with E-state index in [0.717, 1.165) is 21.6 Å². The summed E-state index contributed by atoms with van der Waals surface area (Å²) in [7, 11) is 3.64. The Balaban J connectivity index is 2.60. The molecule has 0 saturated carbocycles. The summed E-state index contributed by atoms with van der Waals surface area (Å²) in [5.41, 5.74) is 3.22. The quantitative estimate of drug-likeness (QED) is 0.857. The average molecular weight is 309 g/mol. The van der Waals surface area contributed by atoms with Crippen molar-refractivity contribution < 1.29 is 4.74 Å². The van der Waals surface area contributed by atoms with Gasteiger partial charge in [-0.05, 0) is 39.5 Å². The fourth-order valence-corrected chi connectivity index (χ4v) is 2.27. The molecule has 4 heteroatoms. The number of nitrogens with zero attached hydrogens (tertiary/aromatic N) is 2. The van der Waals surface area contributed by atoms with Crippen LogP contribution in [0.25, 0.3) is 11.3 Å². The van der Waals surface area contributed by atoms with Crippen molar-refractivity contribution in [2.24, 2.45) is 7.05 Å². The molecule has 1 aromatic heterocycles. The van der Waals surface area contributed by atoms with Crippen LogP contribution in [0.4, 0.5) is 0 Å². The standard InChI is InChI=1S/C14H17BrN2O/c1-9(2)10-5-6-12(18-4)11(7-10)13-14(15)17(3)8-16-13/h5-9H,1-4H3. The molecule has 1 heterocycles. The largest absolute Gasteiger partial charge is 0.496 e. The van der Waals surface area contributed by atoms with Crippen molar-refractivity contribution in [3.63, 3.8) is 0 Å². The van der Waals surface area contributed by atoms with Crippen LogP contribution in [0.2, 0.25) is 0 Å². The lowest BCUT2D eigenvalue weighted by atomic mass is 9.99. The van der Waals surface area contributed by atoms with Crippen molar-refractivity contribution >= 4 is 15.9 Å². The van der Waals surface area contributed by atoms with E-state index in [1.54, 1.807) is 13.4 Å². The molecule has 0 aliphatic carbocycles. The van der Waals surface area contributed by atoms with E-state index in [-0.39, 0.29) is 0 Å². The highest BCUT2D eigenvalue weighted by molar-refractivity contribution is 9.10. The predicted octanol–water partition coefficient (Wildman–Crippen LogP) is 3.98. The second-order valence-electron chi connectivity index (χ2n) is 4.61. The summed E-state index contributed by atoms with van der Waals surface area (Å²) >= 11 is 3.56. The smallest absolute Gasteiger partial charge is 0.128 e. The maximum atomic E-state index is 5.43. The average Bonchev–Trinajstić information content (AvgIpc) is 2.69. The van der Waals surface area contributed by atoms with Crippen LogP contribution in [0.15, 0.2) is 29.1 Å². The van der Waals surface area contributed by atoms with Crippen molar-refractivity contribution in [2.75, 3.05) is 7.11 Å². The molecular formula is C14H17BrN2O. The first kappa shape index (κ1) is 13.1. The van der Waals surface area contributed by atoms with Gasteiger partial charge < -0.3 is 9.30 Å². The third-order valence-corrected chi connectivity index (χ3v) is 3.95. The van der Waals surface area contributed by atoms with Gasteiger partial charge >= 0.3 is 0 Å². The summed E-state index contributed by atoms with van der Waals surface area (Å²) in [5.74, 6) is 1.33. The Morgan fingerprint density at radius 3 is 2.56 bits per heavy atom. The molecule has 3 nitrogen and oxygen atoms in total. The zero-order valence-corrected chi connectivity index (χ0v) is 12.7. The molecule has 0 amide bonds. The number of imidazole rings is 1. The monoisotopic (exact) mass is 308 g/mol. The van der Waals surface area contributed by atoms with E-state index in [0.29, 0.717) is 5.92 Å². The van der Waals surface area contributed by atoms with Crippen LogP contribution in [0.5, 0.6) is 5.75 Å². The highest BCUT2D eigenvalue weighted by Crippen LogP contribution is 2.35. The van der Waals surface area contributed by atoms with E-state index in [2.05, 4.69) is 46.9 Å². The van der Waals surface area contributed by atoms with Crippen molar-refractivity contribution in [1.29, 1.82) is 0 Å². The van der Waals surface area contributed by atoms with Crippen LogP contribution in [0, 0.1) is 0 Å². The molecule has 18 heavy (non-hydrogen) atoms. The molecule has 0 spiro atoms. The molecule has 0 bridgehead atoms. The van der Waals surface area contributed by atoms with Crippen molar-refractivity contribution in [1.82, 2.24) is 9.55 Å². The van der Waals surface area contributed by atoms with E-state index < -0.39 is 0 Å². The Labute approximate surface area is 116 Å². The van der Waals surface area contributed by atoms with Gasteiger partial charge in [-0.25, -0.2) is 4.98 Å². The molecule has 0 N–H and O–H groups in total. The van der Waals surface area contributed by atoms with Gasteiger partial charge in [0.15, 0.2) is 0 Å². The van der Waals surface area contributed by atoms with E-state index >= 15 is 0 Å². The van der Waals surface area contributed by atoms with Gasteiger partial charge in [-0.15, -0.1) is 0 Å². The number of hydrogen-bond donors (Lipinski definition) is 0. The molecule has 0 unspecified atom stereocenters. The second kappa shape index (κ2) is 5.14. The molecule has 1 aromatic carbocycles. The lowest BCUT2D eigenvalue weighted by Crippen LogP contribution is -1.94. The van der Waals surface area contributed by atoms with Crippen LogP contribution in [0.1, 0.15) is 25.3 Å². The first-order valence-corrected chi connectivity index (χ1v) is 6.69. The van der Waals surface area contributed by atoms with Crippen LogP contribution >= 0.6 is 15.9 Å². The van der Waals surface area contributed by atoms with Gasteiger partial charge in [-0.1, -0.05) is 19.9 Å². The lowest BCUT2D eigenvalue weighted by Gasteiger charge is -2.12. The summed E-state index contributed by atoms with van der Waals surface area (Å²) in [6, 6.07) is 6.26. The minimum Gasteiger partial charge on any atom is -0.496 e. The van der Waals surface area contributed by atoms with Gasteiger partial charge in [0.25, 0.3) is 0 Å². The number of benzene rings is 1. The Bertz CT molecular complexity index is 561. The van der Waals surface area contributed by atoms with E-state index in [1.165, 1.54) is 5.56 Å². The third kappa shape index (κ3) is 2.29. The van der Waals surface area contributed by atoms with Crippen molar-refractivity contribution in [3.8, 4) is 17.0 Å². The van der Waals surface area contributed by atoms with Crippen LogP contribution in [0.3, 0.4) is 0 Å². The molecule has 0 saturated heterocycles. The summed E-state index contributed by atoms with van der Waals surface area (Å²) in [6.45, 7) is 4.36. The van der Waals surface area contributed by atoms with Gasteiger partial charge in [-0.2, -0.15) is 0 Å². The number of methoxy groups -OCH3 is 1. The Kier molecular flexibility index (Phi) is 3.76. The Hall–Kier alpha value is -1.29. The number of aryl methyl sites for hydroxylation is 1. The normalized spacial score (nSPS) is 11.0. The maximum absolute atomic E-state index is 5.43. The van der Waals surface area contributed by atoms with Gasteiger partial charge in [0, 0.05) is 12.6 Å². The molecule has 0 aliphatic rings. The number of hydrogen-bond acceptors (Lipinski definition) is 2. The van der Waals surface area contributed by atoms with Gasteiger partial charge in [0.05, 0.1) is 13.4 Å². The number of aromatic nitrogens is 2. The SMILES string of the molecule is COc1ccc(C(C)C)cc1-c1ncn(C)c1Br. The Morgan fingerprint density at radius 2 is 2.06 bits per heavy atom. The Morgan fingerprint density at radius 1 is 1.33 bits per heavy atom. The number of ether oxygens (including phenoxy) is 1. The molecule has 0 fully saturated rings. The minimum atomic E-state index is 0.483. The topological polar surface area (TPSA) is 27.1 Å². The summed E-state index contributed by atoms with van der Waals surface area (Å²) in [6.07, 6.45) is 1.79. The molecule has 96 valence electrons.